The second kappa shape index (κ2) is 4.73. The standard InChI is InChI=1S/C12H16Cl2O/c1-12(2,3)10(15)7-8-5-4-6-9(13)11(8)14/h4-6,10,15H,7H2,1-3H3. The van der Waals surface area contributed by atoms with Crippen molar-refractivity contribution in [2.45, 2.75) is 33.3 Å². The maximum absolute atomic E-state index is 9.95. The molecule has 15 heavy (non-hydrogen) atoms. The highest BCUT2D eigenvalue weighted by Gasteiger charge is 2.23. The summed E-state index contributed by atoms with van der Waals surface area (Å²) < 4.78 is 0. The van der Waals surface area contributed by atoms with Gasteiger partial charge in [0.2, 0.25) is 0 Å². The zero-order chi connectivity index (χ0) is 11.6. The van der Waals surface area contributed by atoms with Gasteiger partial charge in [0.1, 0.15) is 0 Å². The molecule has 84 valence electrons. The van der Waals surface area contributed by atoms with Crippen molar-refractivity contribution < 1.29 is 5.11 Å². The molecule has 1 nitrogen and oxygen atoms in total. The lowest BCUT2D eigenvalue weighted by Crippen LogP contribution is -2.28. The van der Waals surface area contributed by atoms with E-state index in [1.807, 2.05) is 32.9 Å². The molecule has 0 aromatic heterocycles. The first kappa shape index (κ1) is 12.8. The van der Waals surface area contributed by atoms with Gasteiger partial charge in [0.15, 0.2) is 0 Å². The molecule has 0 aliphatic rings. The van der Waals surface area contributed by atoms with E-state index in [9.17, 15) is 5.11 Å². The fourth-order valence-electron chi connectivity index (χ4n) is 1.22. The Kier molecular flexibility index (Phi) is 4.05. The maximum Gasteiger partial charge on any atom is 0.0629 e. The third kappa shape index (κ3) is 3.37. The van der Waals surface area contributed by atoms with Crippen LogP contribution in [0.1, 0.15) is 26.3 Å². The van der Waals surface area contributed by atoms with Crippen LogP contribution in [0.15, 0.2) is 18.2 Å². The summed E-state index contributed by atoms with van der Waals surface area (Å²) in [7, 11) is 0. The second-order valence-corrected chi connectivity index (χ2v) is 5.58. The average Bonchev–Trinajstić information content (AvgIpc) is 2.11. The monoisotopic (exact) mass is 246 g/mol. The Morgan fingerprint density at radius 3 is 2.40 bits per heavy atom. The van der Waals surface area contributed by atoms with Crippen LogP contribution >= 0.6 is 23.2 Å². The molecule has 1 aromatic rings. The molecule has 1 atom stereocenters. The second-order valence-electron chi connectivity index (χ2n) is 4.80. The smallest absolute Gasteiger partial charge is 0.0629 e. The molecule has 1 rings (SSSR count). The molecule has 0 aliphatic carbocycles. The molecule has 0 heterocycles. The Morgan fingerprint density at radius 1 is 1.27 bits per heavy atom. The van der Waals surface area contributed by atoms with Crippen LogP contribution in [0.5, 0.6) is 0 Å². The van der Waals surface area contributed by atoms with Crippen molar-refractivity contribution >= 4 is 23.2 Å². The molecule has 0 saturated carbocycles. The minimum atomic E-state index is -0.423. The van der Waals surface area contributed by atoms with Gasteiger partial charge < -0.3 is 5.11 Å². The summed E-state index contributed by atoms with van der Waals surface area (Å²) in [6.45, 7) is 5.99. The fourth-order valence-corrected chi connectivity index (χ4v) is 1.62. The molecule has 1 N–H and O–H groups in total. The SMILES string of the molecule is CC(C)(C)C(O)Cc1cccc(Cl)c1Cl. The van der Waals surface area contributed by atoms with Crippen molar-refractivity contribution in [3.63, 3.8) is 0 Å². The van der Waals surface area contributed by atoms with Gasteiger partial charge in [-0.15, -0.1) is 0 Å². The summed E-state index contributed by atoms with van der Waals surface area (Å²) in [6, 6.07) is 5.49. The number of hydrogen-bond acceptors (Lipinski definition) is 1. The van der Waals surface area contributed by atoms with Gasteiger partial charge >= 0.3 is 0 Å². The van der Waals surface area contributed by atoms with E-state index in [0.717, 1.165) is 5.56 Å². The minimum Gasteiger partial charge on any atom is -0.392 e. The number of aliphatic hydroxyl groups excluding tert-OH is 1. The molecule has 0 fully saturated rings. The Balaban J connectivity index is 2.86. The summed E-state index contributed by atoms with van der Waals surface area (Å²) in [5.41, 5.74) is 0.748. The average molecular weight is 247 g/mol. The summed E-state index contributed by atoms with van der Waals surface area (Å²) in [4.78, 5) is 0. The Bertz CT molecular complexity index is 342. The number of rotatable bonds is 2. The van der Waals surface area contributed by atoms with E-state index in [0.29, 0.717) is 16.5 Å². The molecule has 3 heteroatoms. The van der Waals surface area contributed by atoms with Crippen LogP contribution in [0.3, 0.4) is 0 Å². The zero-order valence-electron chi connectivity index (χ0n) is 9.22. The van der Waals surface area contributed by atoms with Crippen molar-refractivity contribution in [3.05, 3.63) is 33.8 Å². The summed E-state index contributed by atoms with van der Waals surface area (Å²) >= 11 is 11.9. The van der Waals surface area contributed by atoms with E-state index in [2.05, 4.69) is 0 Å². The normalized spacial score (nSPS) is 14.0. The first-order chi connectivity index (χ1) is 6.82. The Labute approximate surface area is 101 Å². The predicted octanol–water partition coefficient (Wildman–Crippen LogP) is 3.94. The maximum atomic E-state index is 9.95. The van der Waals surface area contributed by atoms with E-state index < -0.39 is 6.10 Å². The lowest BCUT2D eigenvalue weighted by atomic mass is 9.85. The summed E-state index contributed by atoms with van der Waals surface area (Å²) in [5.74, 6) is 0. The lowest BCUT2D eigenvalue weighted by Gasteiger charge is -2.26. The first-order valence-electron chi connectivity index (χ1n) is 4.93. The van der Waals surface area contributed by atoms with Crippen molar-refractivity contribution in [3.8, 4) is 0 Å². The molecule has 1 aromatic carbocycles. The van der Waals surface area contributed by atoms with E-state index in [1.165, 1.54) is 0 Å². The largest absolute Gasteiger partial charge is 0.392 e. The van der Waals surface area contributed by atoms with Gasteiger partial charge in [-0.25, -0.2) is 0 Å². The topological polar surface area (TPSA) is 20.2 Å². The molecule has 0 saturated heterocycles. The number of halogens is 2. The van der Waals surface area contributed by atoms with Crippen LogP contribution in [0.25, 0.3) is 0 Å². The van der Waals surface area contributed by atoms with Crippen molar-refractivity contribution in [2.24, 2.45) is 5.41 Å². The quantitative estimate of drug-likeness (QED) is 0.839. The van der Waals surface area contributed by atoms with Gasteiger partial charge in [-0.05, 0) is 17.0 Å². The molecular formula is C12H16Cl2O. The molecule has 0 spiro atoms. The van der Waals surface area contributed by atoms with Gasteiger partial charge in [0.25, 0.3) is 0 Å². The van der Waals surface area contributed by atoms with Gasteiger partial charge in [-0.2, -0.15) is 0 Å². The van der Waals surface area contributed by atoms with Crippen LogP contribution in [0, 0.1) is 5.41 Å². The third-order valence-corrected chi connectivity index (χ3v) is 3.30. The zero-order valence-corrected chi connectivity index (χ0v) is 10.7. The van der Waals surface area contributed by atoms with Gasteiger partial charge in [-0.3, -0.25) is 0 Å². The minimum absolute atomic E-state index is 0.147. The van der Waals surface area contributed by atoms with Crippen LogP contribution in [-0.4, -0.2) is 11.2 Å². The van der Waals surface area contributed by atoms with Gasteiger partial charge in [0, 0.05) is 6.42 Å². The molecule has 0 bridgehead atoms. The van der Waals surface area contributed by atoms with Gasteiger partial charge in [-0.1, -0.05) is 56.1 Å². The number of aliphatic hydroxyl groups is 1. The van der Waals surface area contributed by atoms with Crippen LogP contribution in [0.2, 0.25) is 10.0 Å². The number of benzene rings is 1. The third-order valence-electron chi connectivity index (χ3n) is 2.44. The summed E-state index contributed by atoms with van der Waals surface area (Å²) in [6.07, 6.45) is 0.108. The van der Waals surface area contributed by atoms with Crippen LogP contribution in [0.4, 0.5) is 0 Å². The van der Waals surface area contributed by atoms with Crippen LogP contribution < -0.4 is 0 Å². The van der Waals surface area contributed by atoms with E-state index in [1.54, 1.807) is 6.07 Å². The molecule has 0 aliphatic heterocycles. The predicted molar refractivity (Wildman–Crippen MR) is 65.6 cm³/mol. The van der Waals surface area contributed by atoms with E-state index >= 15 is 0 Å². The van der Waals surface area contributed by atoms with Gasteiger partial charge in [0.05, 0.1) is 16.1 Å². The summed E-state index contributed by atoms with van der Waals surface area (Å²) in [5, 5.41) is 11.0. The fraction of sp³-hybridized carbons (Fsp3) is 0.500. The highest BCUT2D eigenvalue weighted by Crippen LogP contribution is 2.29. The lowest BCUT2D eigenvalue weighted by molar-refractivity contribution is 0.0636. The highest BCUT2D eigenvalue weighted by molar-refractivity contribution is 6.42. The van der Waals surface area contributed by atoms with E-state index in [4.69, 9.17) is 23.2 Å². The van der Waals surface area contributed by atoms with Crippen molar-refractivity contribution in [2.75, 3.05) is 0 Å². The molecule has 0 radical (unpaired) electrons. The molecule has 1 unspecified atom stereocenters. The van der Waals surface area contributed by atoms with Crippen molar-refractivity contribution in [1.29, 1.82) is 0 Å². The molecule has 0 amide bonds. The van der Waals surface area contributed by atoms with Crippen molar-refractivity contribution in [1.82, 2.24) is 0 Å². The first-order valence-corrected chi connectivity index (χ1v) is 5.69. The molecular weight excluding hydrogens is 231 g/mol. The van der Waals surface area contributed by atoms with E-state index in [-0.39, 0.29) is 5.41 Å². The highest BCUT2D eigenvalue weighted by atomic mass is 35.5. The Morgan fingerprint density at radius 2 is 1.87 bits per heavy atom. The van der Waals surface area contributed by atoms with Crippen LogP contribution in [-0.2, 0) is 6.42 Å². The Hall–Kier alpha value is -0.240. The number of hydrogen-bond donors (Lipinski definition) is 1.